The summed E-state index contributed by atoms with van der Waals surface area (Å²) in [5, 5.41) is 6.03. The molecule has 0 bridgehead atoms. The number of ether oxygens (including phenoxy) is 1. The lowest BCUT2D eigenvalue weighted by Crippen LogP contribution is -2.62. The Kier molecular flexibility index (Phi) is 5.13. The second-order valence-corrected chi connectivity index (χ2v) is 6.52. The van der Waals surface area contributed by atoms with Crippen molar-refractivity contribution in [3.05, 3.63) is 35.9 Å². The van der Waals surface area contributed by atoms with Gasteiger partial charge in [0.1, 0.15) is 11.9 Å². The van der Waals surface area contributed by atoms with Crippen LogP contribution >= 0.6 is 15.9 Å². The second kappa shape index (κ2) is 6.71. The average Bonchev–Trinajstić information content (AvgIpc) is 2.62. The zero-order valence-corrected chi connectivity index (χ0v) is 14.6. The van der Waals surface area contributed by atoms with Crippen LogP contribution in [0, 0.1) is 5.41 Å². The van der Waals surface area contributed by atoms with E-state index < -0.39 is 11.1 Å². The zero-order valence-electron chi connectivity index (χ0n) is 13.0. The Morgan fingerprint density at radius 2 is 1.95 bits per heavy atom. The number of benzene rings is 1. The first-order chi connectivity index (χ1) is 10.4. The fraction of sp³-hybridized carbons (Fsp3) is 0.438. The molecule has 1 atom stereocenters. The number of hydrogen-bond donors (Lipinski definition) is 0. The third-order valence-electron chi connectivity index (χ3n) is 3.60. The molecule has 5 nitrogen and oxygen atoms in total. The number of hydrogen-bond acceptors (Lipinski definition) is 5. The maximum absolute atomic E-state index is 12.8. The molecule has 0 unspecified atom stereocenters. The van der Waals surface area contributed by atoms with E-state index in [2.05, 4.69) is 26.0 Å². The van der Waals surface area contributed by atoms with Gasteiger partial charge in [0.05, 0.1) is 12.8 Å². The lowest BCUT2D eigenvalue weighted by molar-refractivity contribution is -0.201. The van der Waals surface area contributed by atoms with Crippen molar-refractivity contribution in [1.29, 1.82) is 0 Å². The summed E-state index contributed by atoms with van der Waals surface area (Å²) in [7, 11) is 0. The van der Waals surface area contributed by atoms with E-state index in [4.69, 9.17) is 4.74 Å². The normalized spacial score (nSPS) is 22.0. The van der Waals surface area contributed by atoms with E-state index in [-0.39, 0.29) is 11.3 Å². The fourth-order valence-electron chi connectivity index (χ4n) is 2.60. The van der Waals surface area contributed by atoms with Crippen LogP contribution in [0.4, 0.5) is 0 Å². The molecule has 0 saturated carbocycles. The Morgan fingerprint density at radius 1 is 1.27 bits per heavy atom. The minimum atomic E-state index is -1.22. The highest BCUT2D eigenvalue weighted by atomic mass is 79.9. The number of carbonyl (C=O) groups excluding carboxylic acids is 1. The molecule has 0 N–H and O–H groups in total. The maximum Gasteiger partial charge on any atom is 0.228 e. The molecule has 0 fully saturated rings. The fourth-order valence-corrected chi connectivity index (χ4v) is 2.93. The lowest BCUT2D eigenvalue weighted by atomic mass is 9.79. The van der Waals surface area contributed by atoms with Crippen molar-refractivity contribution in [3.63, 3.8) is 0 Å². The molecule has 6 heteroatoms. The van der Waals surface area contributed by atoms with Gasteiger partial charge in [-0.1, -0.05) is 67.0 Å². The molecule has 1 heterocycles. The summed E-state index contributed by atoms with van der Waals surface area (Å²) in [5.74, 6) is -0.215. The standard InChI is InChI=1S/C16H20BrN3O2/c1-15(2,3)16(22-11-17)14(21)9-18-12-19-20(16)10-13-7-5-4-6-8-13/h4-9,12H,10-11H2,1-3H3/t16-/m0/s1. The molecular weight excluding hydrogens is 346 g/mol. The smallest absolute Gasteiger partial charge is 0.228 e. The number of nitrogens with zero attached hydrogens (tertiary/aromatic N) is 3. The number of ketones is 1. The average molecular weight is 366 g/mol. The van der Waals surface area contributed by atoms with E-state index in [9.17, 15) is 4.79 Å². The minimum absolute atomic E-state index is 0.215. The van der Waals surface area contributed by atoms with Crippen molar-refractivity contribution in [1.82, 2.24) is 5.01 Å². The quantitative estimate of drug-likeness (QED) is 0.769. The first-order valence-electron chi connectivity index (χ1n) is 7.03. The van der Waals surface area contributed by atoms with Crippen LogP contribution in [0.3, 0.4) is 0 Å². The van der Waals surface area contributed by atoms with Crippen molar-refractivity contribution < 1.29 is 9.53 Å². The van der Waals surface area contributed by atoms with Gasteiger partial charge in [0, 0.05) is 5.41 Å². The van der Waals surface area contributed by atoms with E-state index in [1.807, 2.05) is 51.1 Å². The predicted octanol–water partition coefficient (Wildman–Crippen LogP) is 3.20. The molecule has 118 valence electrons. The van der Waals surface area contributed by atoms with Gasteiger partial charge in [-0.2, -0.15) is 5.10 Å². The Morgan fingerprint density at radius 3 is 2.55 bits per heavy atom. The molecule has 1 aromatic carbocycles. The van der Waals surface area contributed by atoms with Gasteiger partial charge in [0.25, 0.3) is 0 Å². The van der Waals surface area contributed by atoms with E-state index in [1.54, 1.807) is 5.01 Å². The predicted molar refractivity (Wildman–Crippen MR) is 91.0 cm³/mol. The number of aliphatic imine (C=N–C) groups is 1. The monoisotopic (exact) mass is 365 g/mol. The van der Waals surface area contributed by atoms with Crippen molar-refractivity contribution in [2.24, 2.45) is 15.5 Å². The van der Waals surface area contributed by atoms with Crippen molar-refractivity contribution in [3.8, 4) is 0 Å². The number of Topliss-reactive ketones (excluding diaryl/α,β-unsaturated/α-hetero) is 1. The number of alkyl halides is 1. The van der Waals surface area contributed by atoms with E-state index in [0.717, 1.165) is 5.56 Å². The van der Waals surface area contributed by atoms with Gasteiger partial charge in [-0.05, 0) is 5.56 Å². The maximum atomic E-state index is 12.8. The molecule has 1 aliphatic rings. The third-order valence-corrected chi connectivity index (χ3v) is 3.83. The molecule has 1 aromatic rings. The summed E-state index contributed by atoms with van der Waals surface area (Å²) in [6.07, 6.45) is 2.66. The summed E-state index contributed by atoms with van der Waals surface area (Å²) in [4.78, 5) is 16.7. The van der Waals surface area contributed by atoms with Gasteiger partial charge >= 0.3 is 0 Å². The molecular formula is C16H20BrN3O2. The molecule has 0 aromatic heterocycles. The SMILES string of the molecule is CC(C)(C)[C@@]1(OCBr)C(=O)C=NC=NN1Cc1ccccc1. The number of halogens is 1. The van der Waals surface area contributed by atoms with E-state index >= 15 is 0 Å². The topological polar surface area (TPSA) is 54.3 Å². The van der Waals surface area contributed by atoms with Crippen LogP contribution in [0.15, 0.2) is 40.4 Å². The highest BCUT2D eigenvalue weighted by molar-refractivity contribution is 9.09. The molecule has 2 rings (SSSR count). The minimum Gasteiger partial charge on any atom is -0.335 e. The van der Waals surface area contributed by atoms with Crippen LogP contribution in [0.2, 0.25) is 0 Å². The van der Waals surface area contributed by atoms with Crippen LogP contribution in [-0.4, -0.2) is 34.6 Å². The van der Waals surface area contributed by atoms with Crippen molar-refractivity contribution in [2.75, 3.05) is 5.52 Å². The Bertz CT molecular complexity index is 581. The Balaban J connectivity index is 2.48. The van der Waals surface area contributed by atoms with Crippen LogP contribution in [-0.2, 0) is 16.1 Å². The van der Waals surface area contributed by atoms with Crippen LogP contribution < -0.4 is 0 Å². The Hall–Kier alpha value is -1.53. The first kappa shape index (κ1) is 16.8. The van der Waals surface area contributed by atoms with Gasteiger partial charge in [0.15, 0.2) is 0 Å². The molecule has 0 amide bonds. The van der Waals surface area contributed by atoms with Gasteiger partial charge < -0.3 is 4.74 Å². The van der Waals surface area contributed by atoms with Crippen molar-refractivity contribution in [2.45, 2.75) is 33.0 Å². The molecule has 0 aliphatic carbocycles. The number of hydrazone groups is 1. The largest absolute Gasteiger partial charge is 0.335 e. The highest BCUT2D eigenvalue weighted by Crippen LogP contribution is 2.39. The molecule has 0 radical (unpaired) electrons. The summed E-state index contributed by atoms with van der Waals surface area (Å²) in [6, 6.07) is 9.86. The second-order valence-electron chi connectivity index (χ2n) is 6.06. The summed E-state index contributed by atoms with van der Waals surface area (Å²) in [5.41, 5.74) is -0.449. The van der Waals surface area contributed by atoms with Crippen molar-refractivity contribution >= 4 is 34.3 Å². The van der Waals surface area contributed by atoms with Gasteiger partial charge in [-0.3, -0.25) is 9.80 Å². The Labute approximate surface area is 139 Å². The lowest BCUT2D eigenvalue weighted by Gasteiger charge is -2.47. The van der Waals surface area contributed by atoms with Gasteiger partial charge in [-0.25, -0.2) is 4.99 Å². The van der Waals surface area contributed by atoms with Crippen LogP contribution in [0.1, 0.15) is 26.3 Å². The molecule has 0 spiro atoms. The summed E-state index contributed by atoms with van der Waals surface area (Å²) < 4.78 is 5.90. The number of carbonyl (C=O) groups is 1. The van der Waals surface area contributed by atoms with Gasteiger partial charge in [-0.15, -0.1) is 0 Å². The van der Waals surface area contributed by atoms with E-state index in [1.165, 1.54) is 12.6 Å². The van der Waals surface area contributed by atoms with E-state index in [0.29, 0.717) is 6.54 Å². The van der Waals surface area contributed by atoms with Crippen LogP contribution in [0.5, 0.6) is 0 Å². The van der Waals surface area contributed by atoms with Gasteiger partial charge in [0.2, 0.25) is 11.5 Å². The number of rotatable bonds is 4. The molecule has 22 heavy (non-hydrogen) atoms. The van der Waals surface area contributed by atoms with Crippen LogP contribution in [0.25, 0.3) is 0 Å². The summed E-state index contributed by atoms with van der Waals surface area (Å²) >= 11 is 3.28. The highest BCUT2D eigenvalue weighted by Gasteiger charge is 2.54. The summed E-state index contributed by atoms with van der Waals surface area (Å²) in [6.45, 7) is 6.33. The molecule has 0 saturated heterocycles. The third kappa shape index (κ3) is 3.13. The molecule has 1 aliphatic heterocycles. The first-order valence-corrected chi connectivity index (χ1v) is 8.15. The zero-order chi connectivity index (χ0) is 16.2.